The number of hydrogen-bond acceptors (Lipinski definition) is 3. The Hall–Kier alpha value is -1.14. The van der Waals surface area contributed by atoms with E-state index in [0.29, 0.717) is 11.3 Å². The van der Waals surface area contributed by atoms with Crippen molar-refractivity contribution in [3.05, 3.63) is 28.2 Å². The number of esters is 1. The molecule has 0 heterocycles. The molecule has 0 fully saturated rings. The summed E-state index contributed by atoms with van der Waals surface area (Å²) in [6.45, 7) is 0. The van der Waals surface area contributed by atoms with E-state index in [-0.39, 0.29) is 5.11 Å². The van der Waals surface area contributed by atoms with Gasteiger partial charge in [-0.3, -0.25) is 0 Å². The Morgan fingerprint density at radius 3 is 2.80 bits per heavy atom. The predicted octanol–water partition coefficient (Wildman–Crippen LogP) is 1.89. The number of methoxy groups -OCH3 is 1. The fourth-order valence-corrected chi connectivity index (χ4v) is 1.51. The molecule has 0 spiro atoms. The molecule has 0 aliphatic rings. The molecule has 15 heavy (non-hydrogen) atoms. The van der Waals surface area contributed by atoms with Gasteiger partial charge in [0.1, 0.15) is 0 Å². The van der Waals surface area contributed by atoms with Gasteiger partial charge in [0.05, 0.1) is 18.4 Å². The number of anilines is 1. The third-order valence-electron chi connectivity index (χ3n) is 1.64. The van der Waals surface area contributed by atoms with Gasteiger partial charge in [-0.2, -0.15) is 0 Å². The van der Waals surface area contributed by atoms with E-state index in [0.717, 1.165) is 4.47 Å². The largest absolute Gasteiger partial charge is 0.465 e. The fourth-order valence-electron chi connectivity index (χ4n) is 1.04. The van der Waals surface area contributed by atoms with Crippen molar-refractivity contribution in [3.8, 4) is 0 Å². The zero-order valence-corrected chi connectivity index (χ0v) is 10.3. The highest BCUT2D eigenvalue weighted by Crippen LogP contribution is 2.21. The molecule has 0 atom stereocenters. The number of benzene rings is 1. The van der Waals surface area contributed by atoms with Crippen LogP contribution in [0.2, 0.25) is 0 Å². The summed E-state index contributed by atoms with van der Waals surface area (Å²) in [6.07, 6.45) is 0. The van der Waals surface area contributed by atoms with Gasteiger partial charge in [0.25, 0.3) is 0 Å². The number of rotatable bonds is 2. The molecule has 0 amide bonds. The van der Waals surface area contributed by atoms with Crippen LogP contribution in [0.15, 0.2) is 22.7 Å². The zero-order chi connectivity index (χ0) is 11.4. The molecule has 0 saturated carbocycles. The topological polar surface area (TPSA) is 64.3 Å². The quantitative estimate of drug-likeness (QED) is 0.643. The summed E-state index contributed by atoms with van der Waals surface area (Å²) in [5.74, 6) is -0.449. The maximum absolute atomic E-state index is 11.4. The van der Waals surface area contributed by atoms with E-state index in [4.69, 9.17) is 18.0 Å². The van der Waals surface area contributed by atoms with E-state index in [1.165, 1.54) is 7.11 Å². The van der Waals surface area contributed by atoms with Crippen LogP contribution in [0, 0.1) is 0 Å². The lowest BCUT2D eigenvalue weighted by molar-refractivity contribution is 0.0602. The van der Waals surface area contributed by atoms with E-state index in [9.17, 15) is 4.79 Å². The van der Waals surface area contributed by atoms with Gasteiger partial charge < -0.3 is 15.8 Å². The molecule has 0 aliphatic heterocycles. The second-order valence-corrected chi connectivity index (χ2v) is 4.03. The number of thiocarbonyl (C=S) groups is 1. The van der Waals surface area contributed by atoms with E-state index in [2.05, 4.69) is 26.0 Å². The minimum atomic E-state index is -0.449. The Morgan fingerprint density at radius 1 is 1.60 bits per heavy atom. The molecule has 1 aromatic carbocycles. The Labute approximate surface area is 101 Å². The lowest BCUT2D eigenvalue weighted by atomic mass is 10.2. The van der Waals surface area contributed by atoms with Gasteiger partial charge in [-0.1, -0.05) is 15.9 Å². The summed E-state index contributed by atoms with van der Waals surface area (Å²) < 4.78 is 5.40. The van der Waals surface area contributed by atoms with E-state index in [1.807, 2.05) is 0 Å². The Bertz CT molecular complexity index is 409. The highest BCUT2D eigenvalue weighted by atomic mass is 79.9. The van der Waals surface area contributed by atoms with Crippen molar-refractivity contribution in [3.63, 3.8) is 0 Å². The van der Waals surface area contributed by atoms with E-state index >= 15 is 0 Å². The highest BCUT2D eigenvalue weighted by molar-refractivity contribution is 9.10. The second kappa shape index (κ2) is 5.09. The average molecular weight is 289 g/mol. The van der Waals surface area contributed by atoms with Crippen molar-refractivity contribution in [2.75, 3.05) is 12.4 Å². The first-order chi connectivity index (χ1) is 7.04. The number of ether oxygens (including phenoxy) is 1. The first-order valence-electron chi connectivity index (χ1n) is 3.99. The maximum Gasteiger partial charge on any atom is 0.340 e. The summed E-state index contributed by atoms with van der Waals surface area (Å²) in [5, 5.41) is 2.80. The lowest BCUT2D eigenvalue weighted by Crippen LogP contribution is -2.20. The minimum Gasteiger partial charge on any atom is -0.465 e. The number of halogens is 1. The summed E-state index contributed by atoms with van der Waals surface area (Å²) in [5.41, 5.74) is 6.23. The minimum absolute atomic E-state index is 0.0995. The van der Waals surface area contributed by atoms with Gasteiger partial charge in [0.2, 0.25) is 0 Å². The SMILES string of the molecule is COC(=O)c1cc(Br)ccc1NC(N)=S. The van der Waals surface area contributed by atoms with Gasteiger partial charge in [0, 0.05) is 4.47 Å². The molecule has 1 rings (SSSR count). The van der Waals surface area contributed by atoms with Crippen LogP contribution in [0.25, 0.3) is 0 Å². The zero-order valence-electron chi connectivity index (χ0n) is 7.91. The van der Waals surface area contributed by atoms with Gasteiger partial charge in [-0.05, 0) is 30.4 Å². The van der Waals surface area contributed by atoms with Crippen LogP contribution >= 0.6 is 28.1 Å². The van der Waals surface area contributed by atoms with E-state index < -0.39 is 5.97 Å². The lowest BCUT2D eigenvalue weighted by Gasteiger charge is -2.09. The van der Waals surface area contributed by atoms with Crippen LogP contribution in [0.3, 0.4) is 0 Å². The Kier molecular flexibility index (Phi) is 4.05. The van der Waals surface area contributed by atoms with Crippen LogP contribution in [-0.4, -0.2) is 18.2 Å². The molecule has 0 aliphatic carbocycles. The standard InChI is InChI=1S/C9H9BrN2O2S/c1-14-8(13)6-4-5(10)2-3-7(6)12-9(11)15/h2-4H,1H3,(H3,11,12,15). The van der Waals surface area contributed by atoms with Crippen LogP contribution in [0.1, 0.15) is 10.4 Å². The van der Waals surface area contributed by atoms with Crippen LogP contribution in [-0.2, 0) is 4.74 Å². The van der Waals surface area contributed by atoms with Crippen molar-refractivity contribution >= 4 is 44.9 Å². The molecule has 80 valence electrons. The first-order valence-corrected chi connectivity index (χ1v) is 5.19. The molecule has 3 N–H and O–H groups in total. The monoisotopic (exact) mass is 288 g/mol. The average Bonchev–Trinajstić information content (AvgIpc) is 2.19. The molecular formula is C9H9BrN2O2S. The number of carbonyl (C=O) groups is 1. The van der Waals surface area contributed by atoms with Crippen LogP contribution in [0.5, 0.6) is 0 Å². The molecular weight excluding hydrogens is 280 g/mol. The normalized spacial score (nSPS) is 9.47. The number of nitrogens with two attached hydrogens (primary N) is 1. The van der Waals surface area contributed by atoms with Crippen molar-refractivity contribution in [1.82, 2.24) is 0 Å². The van der Waals surface area contributed by atoms with Crippen LogP contribution < -0.4 is 11.1 Å². The van der Waals surface area contributed by atoms with Crippen molar-refractivity contribution in [2.45, 2.75) is 0 Å². The third kappa shape index (κ3) is 3.17. The first kappa shape index (κ1) is 11.9. The molecule has 0 unspecified atom stereocenters. The Morgan fingerprint density at radius 2 is 2.27 bits per heavy atom. The molecule has 1 aromatic rings. The molecule has 0 saturated heterocycles. The Balaban J connectivity index is 3.14. The smallest absolute Gasteiger partial charge is 0.340 e. The fraction of sp³-hybridized carbons (Fsp3) is 0.111. The molecule has 0 radical (unpaired) electrons. The molecule has 6 heteroatoms. The second-order valence-electron chi connectivity index (χ2n) is 2.67. The number of carbonyl (C=O) groups excluding carboxylic acids is 1. The summed E-state index contributed by atoms with van der Waals surface area (Å²) in [6, 6.07) is 5.09. The van der Waals surface area contributed by atoms with Crippen molar-refractivity contribution < 1.29 is 9.53 Å². The van der Waals surface area contributed by atoms with Gasteiger partial charge in [-0.15, -0.1) is 0 Å². The van der Waals surface area contributed by atoms with Crippen LogP contribution in [0.4, 0.5) is 5.69 Å². The number of nitrogens with one attached hydrogen (secondary N) is 1. The van der Waals surface area contributed by atoms with E-state index in [1.54, 1.807) is 18.2 Å². The third-order valence-corrected chi connectivity index (χ3v) is 2.24. The van der Waals surface area contributed by atoms with Gasteiger partial charge in [0.15, 0.2) is 5.11 Å². The molecule has 0 aromatic heterocycles. The molecule has 0 bridgehead atoms. The predicted molar refractivity (Wildman–Crippen MR) is 65.9 cm³/mol. The van der Waals surface area contributed by atoms with Gasteiger partial charge in [-0.25, -0.2) is 4.79 Å². The summed E-state index contributed by atoms with van der Waals surface area (Å²) in [4.78, 5) is 11.4. The summed E-state index contributed by atoms with van der Waals surface area (Å²) in [7, 11) is 1.31. The number of hydrogen-bond donors (Lipinski definition) is 2. The molecule has 4 nitrogen and oxygen atoms in total. The van der Waals surface area contributed by atoms with Crippen molar-refractivity contribution in [2.24, 2.45) is 5.73 Å². The van der Waals surface area contributed by atoms with Crippen molar-refractivity contribution in [1.29, 1.82) is 0 Å². The summed E-state index contributed by atoms with van der Waals surface area (Å²) >= 11 is 7.96. The van der Waals surface area contributed by atoms with Gasteiger partial charge >= 0.3 is 5.97 Å². The highest BCUT2D eigenvalue weighted by Gasteiger charge is 2.12. The maximum atomic E-state index is 11.4.